The van der Waals surface area contributed by atoms with Crippen LogP contribution in [0.3, 0.4) is 0 Å². The van der Waals surface area contributed by atoms with Crippen LogP contribution in [0.1, 0.15) is 61.8 Å². The number of fused-ring (bicyclic) bond motifs is 6. The van der Waals surface area contributed by atoms with Gasteiger partial charge < -0.3 is 0 Å². The predicted octanol–water partition coefficient (Wildman–Crippen LogP) is 7.32. The summed E-state index contributed by atoms with van der Waals surface area (Å²) >= 11 is 3.55. The molecule has 3 heteroatoms. The molecule has 0 spiro atoms. The number of rotatable bonds is 0. The van der Waals surface area contributed by atoms with Crippen molar-refractivity contribution < 1.29 is 4.79 Å². The van der Waals surface area contributed by atoms with Gasteiger partial charge in [-0.3, -0.25) is 4.79 Å². The highest BCUT2D eigenvalue weighted by Gasteiger charge is 2.38. The van der Waals surface area contributed by atoms with Gasteiger partial charge in [-0.1, -0.05) is 20.4 Å². The van der Waals surface area contributed by atoms with Crippen molar-refractivity contribution >= 4 is 34.0 Å². The van der Waals surface area contributed by atoms with E-state index in [1.54, 1.807) is 11.3 Å². The summed E-state index contributed by atoms with van der Waals surface area (Å²) in [6.45, 7) is 16.9. The minimum atomic E-state index is 0.195. The van der Waals surface area contributed by atoms with Gasteiger partial charge in [-0.25, -0.2) is 0 Å². The van der Waals surface area contributed by atoms with E-state index in [9.17, 15) is 4.79 Å². The van der Waals surface area contributed by atoms with Crippen molar-refractivity contribution in [2.24, 2.45) is 0 Å². The van der Waals surface area contributed by atoms with E-state index in [1.807, 2.05) is 31.3 Å². The molecule has 0 N–H and O–H groups in total. The van der Waals surface area contributed by atoms with Crippen LogP contribution in [0.2, 0.25) is 0 Å². The highest BCUT2D eigenvalue weighted by atomic mass is 32.1. The second-order valence-corrected chi connectivity index (χ2v) is 9.27. The third kappa shape index (κ3) is 1.99. The Hall–Kier alpha value is -1.97. The molecular weight excluding hydrogens is 356 g/mol. The first kappa shape index (κ1) is 17.4. The molecule has 0 saturated carbocycles. The monoisotopic (exact) mass is 378 g/mol. The lowest BCUT2D eigenvalue weighted by Crippen LogP contribution is -2.02. The highest BCUT2D eigenvalue weighted by Crippen LogP contribution is 2.56. The average Bonchev–Trinajstić information content (AvgIpc) is 3.30. The summed E-state index contributed by atoms with van der Waals surface area (Å²) in [7, 11) is 0. The summed E-state index contributed by atoms with van der Waals surface area (Å²) in [5.74, 6) is 0.195. The molecule has 3 aromatic rings. The van der Waals surface area contributed by atoms with E-state index in [-0.39, 0.29) is 5.78 Å². The van der Waals surface area contributed by atoms with Crippen molar-refractivity contribution in [1.29, 1.82) is 0 Å². The molecule has 132 valence electrons. The summed E-state index contributed by atoms with van der Waals surface area (Å²) < 4.78 is 0. The van der Waals surface area contributed by atoms with Crippen molar-refractivity contribution in [2.45, 2.75) is 41.5 Å². The Morgan fingerprint density at radius 3 is 1.81 bits per heavy atom. The molecule has 0 amide bonds. The van der Waals surface area contributed by atoms with Gasteiger partial charge in [0.1, 0.15) is 0 Å². The molecule has 2 aliphatic rings. The zero-order valence-electron chi connectivity index (χ0n) is 16.1. The van der Waals surface area contributed by atoms with Crippen LogP contribution in [-0.4, -0.2) is 5.78 Å². The fraction of sp³-hybridized carbons (Fsp3) is 0.261. The number of aryl methyl sites for hydroxylation is 2. The quantitative estimate of drug-likeness (QED) is 0.276. The van der Waals surface area contributed by atoms with Gasteiger partial charge in [0, 0.05) is 47.3 Å². The molecule has 0 fully saturated rings. The Kier molecular flexibility index (Phi) is 3.87. The molecule has 1 nitrogen and oxygen atoms in total. The standard InChI is InChI=1S/C21H16OS2.C2H6/c1-8-6-13-10(3)15-11(4)18-16(12(5)17(15)20(13)23-8)19(22)14-7-9(2)24-21(14)18;1-2/h6-7H,3H2,1-2,4-5H3;1-2H3. The van der Waals surface area contributed by atoms with Gasteiger partial charge >= 0.3 is 0 Å². The zero-order valence-corrected chi connectivity index (χ0v) is 17.7. The Labute approximate surface area is 163 Å². The lowest BCUT2D eigenvalue weighted by molar-refractivity contribution is 0.104. The second kappa shape index (κ2) is 5.77. The maximum absolute atomic E-state index is 13.1. The SMILES string of the molecule is C=C1c2cc(C)sc2-c2c(C)c3c(c(C)c21)-c1sc(C)cc1C3=O.CC. The number of ketones is 1. The Balaban J connectivity index is 0.000000814. The molecule has 2 aliphatic carbocycles. The van der Waals surface area contributed by atoms with Crippen LogP contribution >= 0.6 is 22.7 Å². The molecule has 26 heavy (non-hydrogen) atoms. The third-order valence-electron chi connectivity index (χ3n) is 5.26. The van der Waals surface area contributed by atoms with Crippen molar-refractivity contribution in [3.63, 3.8) is 0 Å². The largest absolute Gasteiger partial charge is 0.289 e. The van der Waals surface area contributed by atoms with E-state index < -0.39 is 0 Å². The molecule has 0 unspecified atom stereocenters. The minimum absolute atomic E-state index is 0.195. The van der Waals surface area contributed by atoms with Gasteiger partial charge in [0.25, 0.3) is 0 Å². The van der Waals surface area contributed by atoms with Crippen molar-refractivity contribution in [1.82, 2.24) is 0 Å². The van der Waals surface area contributed by atoms with Crippen LogP contribution in [0, 0.1) is 27.7 Å². The lowest BCUT2D eigenvalue weighted by Gasteiger charge is -2.15. The summed E-state index contributed by atoms with van der Waals surface area (Å²) in [5.41, 5.74) is 10.1. The highest BCUT2D eigenvalue weighted by molar-refractivity contribution is 7.16. The molecule has 2 heterocycles. The molecule has 0 atom stereocenters. The van der Waals surface area contributed by atoms with E-state index in [2.05, 4.69) is 40.3 Å². The van der Waals surface area contributed by atoms with Crippen molar-refractivity contribution in [2.75, 3.05) is 0 Å². The van der Waals surface area contributed by atoms with Crippen molar-refractivity contribution in [3.05, 3.63) is 61.8 Å². The summed E-state index contributed by atoms with van der Waals surface area (Å²) in [6.07, 6.45) is 0. The normalized spacial score (nSPS) is 13.2. The fourth-order valence-electron chi connectivity index (χ4n) is 4.29. The van der Waals surface area contributed by atoms with E-state index in [1.165, 1.54) is 36.9 Å². The molecule has 2 aromatic heterocycles. The molecule has 0 aliphatic heterocycles. The van der Waals surface area contributed by atoms with Gasteiger partial charge in [-0.05, 0) is 62.1 Å². The number of thiophene rings is 2. The van der Waals surface area contributed by atoms with Gasteiger partial charge in [-0.15, -0.1) is 22.7 Å². The van der Waals surface area contributed by atoms with Gasteiger partial charge in [0.15, 0.2) is 5.78 Å². The van der Waals surface area contributed by atoms with Crippen LogP contribution in [-0.2, 0) is 0 Å². The van der Waals surface area contributed by atoms with Gasteiger partial charge in [-0.2, -0.15) is 0 Å². The van der Waals surface area contributed by atoms with E-state index in [0.717, 1.165) is 32.7 Å². The summed E-state index contributed by atoms with van der Waals surface area (Å²) in [6, 6.07) is 4.27. The third-order valence-corrected chi connectivity index (χ3v) is 7.40. The summed E-state index contributed by atoms with van der Waals surface area (Å²) in [5, 5.41) is 0. The molecular formula is C23H22OS2. The minimum Gasteiger partial charge on any atom is -0.289 e. The number of carbonyl (C=O) groups is 1. The molecule has 0 bridgehead atoms. The average molecular weight is 379 g/mol. The smallest absolute Gasteiger partial charge is 0.195 e. The zero-order chi connectivity index (χ0) is 18.9. The van der Waals surface area contributed by atoms with E-state index >= 15 is 0 Å². The fourth-order valence-corrected chi connectivity index (χ4v) is 6.56. The Bertz CT molecular complexity index is 1030. The number of carbonyl (C=O) groups excluding carboxylic acids is 1. The van der Waals surface area contributed by atoms with E-state index in [0.29, 0.717) is 0 Å². The molecule has 5 rings (SSSR count). The first-order valence-corrected chi connectivity index (χ1v) is 10.7. The Morgan fingerprint density at radius 1 is 0.731 bits per heavy atom. The predicted molar refractivity (Wildman–Crippen MR) is 115 cm³/mol. The molecule has 0 radical (unpaired) electrons. The van der Waals surface area contributed by atoms with Crippen LogP contribution < -0.4 is 0 Å². The van der Waals surface area contributed by atoms with Crippen LogP contribution in [0.5, 0.6) is 0 Å². The van der Waals surface area contributed by atoms with E-state index in [4.69, 9.17) is 0 Å². The van der Waals surface area contributed by atoms with Crippen molar-refractivity contribution in [3.8, 4) is 20.9 Å². The van der Waals surface area contributed by atoms with Crippen LogP contribution in [0.15, 0.2) is 18.7 Å². The summed E-state index contributed by atoms with van der Waals surface area (Å²) in [4.78, 5) is 18.0. The topological polar surface area (TPSA) is 17.1 Å². The first-order chi connectivity index (χ1) is 12.4. The van der Waals surface area contributed by atoms with Gasteiger partial charge in [0.2, 0.25) is 0 Å². The number of benzene rings is 1. The maximum Gasteiger partial charge on any atom is 0.195 e. The Morgan fingerprint density at radius 2 is 1.19 bits per heavy atom. The lowest BCUT2D eigenvalue weighted by atomic mass is 9.89. The maximum atomic E-state index is 13.1. The first-order valence-electron chi connectivity index (χ1n) is 9.03. The van der Waals surface area contributed by atoms with Gasteiger partial charge in [0.05, 0.1) is 0 Å². The van der Waals surface area contributed by atoms with Crippen LogP contribution in [0.25, 0.3) is 26.5 Å². The van der Waals surface area contributed by atoms with Crippen LogP contribution in [0.4, 0.5) is 0 Å². The molecule has 1 aromatic carbocycles. The number of hydrogen-bond acceptors (Lipinski definition) is 3. The number of hydrogen-bond donors (Lipinski definition) is 0. The molecule has 0 saturated heterocycles. The second-order valence-electron chi connectivity index (χ2n) is 6.76.